The standard InChI is InChI=1S/C20H24ClN3O2/c1-14(22)11-12-23-20(26)18(13-15-5-3-2-4-6-15)24-19(25)16-7-9-17(21)10-8-16/h2-10,14,18H,11-13,22H2,1H3,(H,23,26)(H,24,25). The molecule has 2 atom stereocenters. The highest BCUT2D eigenvalue weighted by Crippen LogP contribution is 2.10. The molecule has 2 aromatic rings. The van der Waals surface area contributed by atoms with Crippen LogP contribution < -0.4 is 16.4 Å². The summed E-state index contributed by atoms with van der Waals surface area (Å²) in [6, 6.07) is 15.5. The second-order valence-electron chi connectivity index (χ2n) is 6.28. The lowest BCUT2D eigenvalue weighted by Crippen LogP contribution is -2.48. The minimum absolute atomic E-state index is 0.00605. The Labute approximate surface area is 158 Å². The summed E-state index contributed by atoms with van der Waals surface area (Å²) in [5.41, 5.74) is 7.14. The lowest BCUT2D eigenvalue weighted by molar-refractivity contribution is -0.122. The Balaban J connectivity index is 2.07. The second kappa shape index (κ2) is 9.94. The molecule has 0 spiro atoms. The zero-order chi connectivity index (χ0) is 18.9. The van der Waals surface area contributed by atoms with Gasteiger partial charge >= 0.3 is 0 Å². The van der Waals surface area contributed by atoms with E-state index in [9.17, 15) is 9.59 Å². The van der Waals surface area contributed by atoms with Gasteiger partial charge in [-0.3, -0.25) is 9.59 Å². The van der Waals surface area contributed by atoms with Gasteiger partial charge in [0.2, 0.25) is 5.91 Å². The van der Waals surface area contributed by atoms with Crippen molar-refractivity contribution in [3.05, 3.63) is 70.7 Å². The molecule has 0 aliphatic rings. The number of carbonyl (C=O) groups excluding carboxylic acids is 2. The Morgan fingerprint density at radius 3 is 2.35 bits per heavy atom. The first kappa shape index (κ1) is 19.9. The van der Waals surface area contributed by atoms with Crippen LogP contribution in [0.25, 0.3) is 0 Å². The van der Waals surface area contributed by atoms with Gasteiger partial charge in [-0.05, 0) is 43.2 Å². The first-order chi connectivity index (χ1) is 12.5. The van der Waals surface area contributed by atoms with E-state index in [1.54, 1.807) is 24.3 Å². The van der Waals surface area contributed by atoms with Gasteiger partial charge in [0.15, 0.2) is 0 Å². The van der Waals surface area contributed by atoms with Gasteiger partial charge < -0.3 is 16.4 Å². The molecule has 5 nitrogen and oxygen atoms in total. The van der Waals surface area contributed by atoms with E-state index in [1.165, 1.54) is 0 Å². The first-order valence-electron chi connectivity index (χ1n) is 8.59. The van der Waals surface area contributed by atoms with Gasteiger partial charge in [0.25, 0.3) is 5.91 Å². The number of benzene rings is 2. The minimum Gasteiger partial charge on any atom is -0.354 e. The zero-order valence-electron chi connectivity index (χ0n) is 14.7. The fourth-order valence-electron chi connectivity index (χ4n) is 2.45. The van der Waals surface area contributed by atoms with E-state index in [4.69, 9.17) is 17.3 Å². The third-order valence-corrected chi connectivity index (χ3v) is 4.16. The lowest BCUT2D eigenvalue weighted by Gasteiger charge is -2.19. The van der Waals surface area contributed by atoms with E-state index >= 15 is 0 Å². The SMILES string of the molecule is CC(N)CCNC(=O)C(Cc1ccccc1)NC(=O)c1ccc(Cl)cc1. The van der Waals surface area contributed by atoms with Gasteiger partial charge in [0.05, 0.1) is 0 Å². The van der Waals surface area contributed by atoms with E-state index in [0.717, 1.165) is 5.56 Å². The molecule has 2 amide bonds. The van der Waals surface area contributed by atoms with Crippen molar-refractivity contribution >= 4 is 23.4 Å². The van der Waals surface area contributed by atoms with Crippen LogP contribution in [0.4, 0.5) is 0 Å². The summed E-state index contributed by atoms with van der Waals surface area (Å²) >= 11 is 5.86. The van der Waals surface area contributed by atoms with Crippen LogP contribution in [-0.2, 0) is 11.2 Å². The predicted molar refractivity (Wildman–Crippen MR) is 104 cm³/mol. The van der Waals surface area contributed by atoms with Crippen LogP contribution in [0.2, 0.25) is 5.02 Å². The molecule has 0 aliphatic heterocycles. The molecule has 0 saturated carbocycles. The summed E-state index contributed by atoms with van der Waals surface area (Å²) in [4.78, 5) is 25.1. The number of rotatable bonds is 8. The molecule has 138 valence electrons. The number of carbonyl (C=O) groups is 2. The lowest BCUT2D eigenvalue weighted by atomic mass is 10.0. The molecular weight excluding hydrogens is 350 g/mol. The second-order valence-corrected chi connectivity index (χ2v) is 6.72. The number of halogens is 1. The molecular formula is C20H24ClN3O2. The van der Waals surface area contributed by atoms with Crippen molar-refractivity contribution in [2.75, 3.05) is 6.54 Å². The van der Waals surface area contributed by atoms with Crippen LogP contribution in [-0.4, -0.2) is 30.4 Å². The monoisotopic (exact) mass is 373 g/mol. The van der Waals surface area contributed by atoms with Crippen molar-refractivity contribution in [2.45, 2.75) is 31.8 Å². The van der Waals surface area contributed by atoms with Crippen molar-refractivity contribution in [1.29, 1.82) is 0 Å². The van der Waals surface area contributed by atoms with E-state index < -0.39 is 6.04 Å². The van der Waals surface area contributed by atoms with Crippen molar-refractivity contribution in [3.63, 3.8) is 0 Å². The molecule has 0 aliphatic carbocycles. The van der Waals surface area contributed by atoms with Crippen molar-refractivity contribution in [1.82, 2.24) is 10.6 Å². The van der Waals surface area contributed by atoms with Gasteiger partial charge in [-0.15, -0.1) is 0 Å². The van der Waals surface area contributed by atoms with Gasteiger partial charge in [-0.2, -0.15) is 0 Å². The van der Waals surface area contributed by atoms with E-state index in [1.807, 2.05) is 37.3 Å². The summed E-state index contributed by atoms with van der Waals surface area (Å²) in [6.45, 7) is 2.36. The summed E-state index contributed by atoms with van der Waals surface area (Å²) in [5, 5.41) is 6.21. The molecule has 26 heavy (non-hydrogen) atoms. The number of hydrogen-bond acceptors (Lipinski definition) is 3. The molecule has 0 fully saturated rings. The number of amides is 2. The van der Waals surface area contributed by atoms with E-state index in [0.29, 0.717) is 30.0 Å². The minimum atomic E-state index is -0.673. The van der Waals surface area contributed by atoms with Gasteiger partial charge in [0.1, 0.15) is 6.04 Å². The van der Waals surface area contributed by atoms with E-state index in [2.05, 4.69) is 10.6 Å². The van der Waals surface area contributed by atoms with Crippen LogP contribution in [0.15, 0.2) is 54.6 Å². The van der Waals surface area contributed by atoms with Crippen LogP contribution in [0, 0.1) is 0 Å². The molecule has 0 aromatic heterocycles. The predicted octanol–water partition coefficient (Wildman–Crippen LogP) is 2.53. The highest BCUT2D eigenvalue weighted by Gasteiger charge is 2.21. The average molecular weight is 374 g/mol. The Hall–Kier alpha value is -2.37. The Morgan fingerprint density at radius 1 is 1.08 bits per heavy atom. The molecule has 0 saturated heterocycles. The average Bonchev–Trinajstić information content (AvgIpc) is 2.62. The van der Waals surface area contributed by atoms with Gasteiger partial charge in [0, 0.05) is 29.6 Å². The van der Waals surface area contributed by atoms with Gasteiger partial charge in [-0.25, -0.2) is 0 Å². The first-order valence-corrected chi connectivity index (χ1v) is 8.97. The smallest absolute Gasteiger partial charge is 0.251 e. The van der Waals surface area contributed by atoms with Crippen LogP contribution >= 0.6 is 11.6 Å². The van der Waals surface area contributed by atoms with E-state index in [-0.39, 0.29) is 17.9 Å². The quantitative estimate of drug-likeness (QED) is 0.664. The zero-order valence-corrected chi connectivity index (χ0v) is 15.5. The van der Waals surface area contributed by atoms with Crippen molar-refractivity contribution < 1.29 is 9.59 Å². The Morgan fingerprint density at radius 2 is 1.73 bits per heavy atom. The molecule has 2 unspecified atom stereocenters. The maximum atomic E-state index is 12.6. The topological polar surface area (TPSA) is 84.2 Å². The number of nitrogens with one attached hydrogen (secondary N) is 2. The summed E-state index contributed by atoms with van der Waals surface area (Å²) in [6.07, 6.45) is 1.08. The maximum absolute atomic E-state index is 12.6. The van der Waals surface area contributed by atoms with Crippen molar-refractivity contribution in [3.8, 4) is 0 Å². The highest BCUT2D eigenvalue weighted by atomic mass is 35.5. The van der Waals surface area contributed by atoms with Crippen molar-refractivity contribution in [2.24, 2.45) is 5.73 Å². The number of hydrogen-bond donors (Lipinski definition) is 3. The largest absolute Gasteiger partial charge is 0.354 e. The summed E-state index contributed by atoms with van der Waals surface area (Å²) in [5.74, 6) is -0.540. The molecule has 0 heterocycles. The number of nitrogens with two attached hydrogens (primary N) is 1. The fourth-order valence-corrected chi connectivity index (χ4v) is 2.57. The Kier molecular flexibility index (Phi) is 7.63. The molecule has 6 heteroatoms. The van der Waals surface area contributed by atoms with Gasteiger partial charge in [-0.1, -0.05) is 41.9 Å². The molecule has 4 N–H and O–H groups in total. The molecule has 2 aromatic carbocycles. The van der Waals surface area contributed by atoms with Crippen LogP contribution in [0.5, 0.6) is 0 Å². The highest BCUT2D eigenvalue weighted by molar-refractivity contribution is 6.30. The normalized spacial score (nSPS) is 12.9. The molecule has 0 bridgehead atoms. The molecule has 0 radical (unpaired) electrons. The third-order valence-electron chi connectivity index (χ3n) is 3.91. The summed E-state index contributed by atoms with van der Waals surface area (Å²) < 4.78 is 0. The third kappa shape index (κ3) is 6.50. The Bertz CT molecular complexity index is 718. The maximum Gasteiger partial charge on any atom is 0.251 e. The van der Waals surface area contributed by atoms with Crippen LogP contribution in [0.3, 0.4) is 0 Å². The van der Waals surface area contributed by atoms with Crippen LogP contribution in [0.1, 0.15) is 29.3 Å². The summed E-state index contributed by atoms with van der Waals surface area (Å²) in [7, 11) is 0. The fraction of sp³-hybridized carbons (Fsp3) is 0.300. The molecule has 2 rings (SSSR count).